The van der Waals surface area contributed by atoms with Crippen molar-refractivity contribution in [2.24, 2.45) is 12.8 Å². The molecule has 0 saturated heterocycles. The van der Waals surface area contributed by atoms with Crippen LogP contribution in [0.2, 0.25) is 0 Å². The van der Waals surface area contributed by atoms with Gasteiger partial charge in [0.2, 0.25) is 0 Å². The molecular formula is C22H25N5O2S. The predicted octanol–water partition coefficient (Wildman–Crippen LogP) is 4.01. The Morgan fingerprint density at radius 3 is 2.60 bits per heavy atom. The molecule has 0 unspecified atom stereocenters. The number of phenolic OH excluding ortho intramolecular Hbond substituents is 2. The van der Waals surface area contributed by atoms with Crippen LogP contribution in [-0.2, 0) is 7.05 Å². The Hall–Kier alpha value is -2.97. The highest BCUT2D eigenvalue weighted by atomic mass is 32.2. The van der Waals surface area contributed by atoms with E-state index in [-0.39, 0.29) is 17.4 Å². The van der Waals surface area contributed by atoms with Gasteiger partial charge in [-0.1, -0.05) is 25.6 Å². The third-order valence-corrected chi connectivity index (χ3v) is 6.08. The normalized spacial score (nSPS) is 11.6. The average Bonchev–Trinajstić information content (AvgIpc) is 3.29. The van der Waals surface area contributed by atoms with Gasteiger partial charge in [-0.05, 0) is 41.8 Å². The monoisotopic (exact) mass is 423 g/mol. The summed E-state index contributed by atoms with van der Waals surface area (Å²) in [4.78, 5) is 0. The van der Waals surface area contributed by atoms with E-state index in [0.717, 1.165) is 22.2 Å². The number of nitrogens with zero attached hydrogens (tertiary/aromatic N) is 4. The van der Waals surface area contributed by atoms with Gasteiger partial charge in [-0.3, -0.25) is 4.57 Å². The second kappa shape index (κ2) is 8.04. The van der Waals surface area contributed by atoms with Crippen molar-refractivity contribution in [2.45, 2.75) is 24.9 Å². The number of aryl methyl sites for hydroxylation is 1. The van der Waals surface area contributed by atoms with Crippen LogP contribution < -0.4 is 5.73 Å². The highest BCUT2D eigenvalue weighted by Crippen LogP contribution is 2.39. The van der Waals surface area contributed by atoms with E-state index < -0.39 is 0 Å². The van der Waals surface area contributed by atoms with Crippen molar-refractivity contribution < 1.29 is 10.2 Å². The van der Waals surface area contributed by atoms with E-state index in [1.807, 2.05) is 37.7 Å². The van der Waals surface area contributed by atoms with Crippen molar-refractivity contribution in [3.8, 4) is 28.6 Å². The summed E-state index contributed by atoms with van der Waals surface area (Å²) < 4.78 is 4.00. The van der Waals surface area contributed by atoms with Crippen molar-refractivity contribution in [3.05, 3.63) is 48.2 Å². The molecule has 4 rings (SSSR count). The molecule has 156 valence electrons. The molecule has 0 atom stereocenters. The molecule has 7 nitrogen and oxygen atoms in total. The largest absolute Gasteiger partial charge is 0.508 e. The first-order valence-electron chi connectivity index (χ1n) is 9.80. The van der Waals surface area contributed by atoms with Gasteiger partial charge in [-0.15, -0.1) is 10.2 Å². The first kappa shape index (κ1) is 20.3. The molecule has 0 aliphatic carbocycles. The van der Waals surface area contributed by atoms with E-state index in [1.165, 1.54) is 17.8 Å². The molecule has 0 fully saturated rings. The number of phenols is 2. The lowest BCUT2D eigenvalue weighted by atomic mass is 9.98. The van der Waals surface area contributed by atoms with Gasteiger partial charge in [0.15, 0.2) is 11.0 Å². The molecule has 30 heavy (non-hydrogen) atoms. The topological polar surface area (TPSA) is 102 Å². The van der Waals surface area contributed by atoms with Gasteiger partial charge in [-0.2, -0.15) is 0 Å². The third kappa shape index (κ3) is 3.53. The van der Waals surface area contributed by atoms with Crippen LogP contribution in [0.1, 0.15) is 25.3 Å². The maximum absolute atomic E-state index is 10.6. The molecule has 4 aromatic rings. The van der Waals surface area contributed by atoms with Gasteiger partial charge < -0.3 is 20.5 Å². The Bertz CT molecular complexity index is 1210. The summed E-state index contributed by atoms with van der Waals surface area (Å²) in [6, 6.07) is 11.4. The van der Waals surface area contributed by atoms with Crippen LogP contribution in [0.15, 0.2) is 47.8 Å². The zero-order chi connectivity index (χ0) is 21.4. The number of fused-ring (bicyclic) bond motifs is 1. The molecule has 0 aliphatic heterocycles. The Labute approximate surface area is 179 Å². The van der Waals surface area contributed by atoms with Gasteiger partial charge in [-0.25, -0.2) is 0 Å². The Morgan fingerprint density at radius 1 is 1.07 bits per heavy atom. The van der Waals surface area contributed by atoms with E-state index in [2.05, 4.69) is 33.0 Å². The molecule has 0 bridgehead atoms. The summed E-state index contributed by atoms with van der Waals surface area (Å²) in [6.45, 7) is 4.51. The Morgan fingerprint density at radius 2 is 1.87 bits per heavy atom. The van der Waals surface area contributed by atoms with Crippen LogP contribution in [0.4, 0.5) is 0 Å². The number of aromatic nitrogens is 4. The minimum absolute atomic E-state index is 0.0401. The number of thioether (sulfide) groups is 1. The summed E-state index contributed by atoms with van der Waals surface area (Å²) in [5.74, 6) is 1.34. The van der Waals surface area contributed by atoms with Gasteiger partial charge >= 0.3 is 0 Å². The second-order valence-electron chi connectivity index (χ2n) is 7.53. The van der Waals surface area contributed by atoms with Gasteiger partial charge in [0.25, 0.3) is 0 Å². The number of rotatable bonds is 6. The molecule has 0 radical (unpaired) electrons. The SMILES string of the molecule is CC(C)c1cc(-c2nnc(SCCN)n2-c2ccc3c(ccn3C)c2)c(O)cc1O. The fourth-order valence-corrected chi connectivity index (χ4v) is 4.28. The first-order valence-corrected chi connectivity index (χ1v) is 10.8. The molecule has 0 saturated carbocycles. The van der Waals surface area contributed by atoms with Crippen LogP contribution >= 0.6 is 11.8 Å². The van der Waals surface area contributed by atoms with E-state index >= 15 is 0 Å². The summed E-state index contributed by atoms with van der Waals surface area (Å²) in [7, 11) is 2.01. The molecule has 0 aliphatic rings. The van der Waals surface area contributed by atoms with Crippen LogP contribution in [0, 0.1) is 0 Å². The van der Waals surface area contributed by atoms with Gasteiger partial charge in [0, 0.05) is 42.5 Å². The van der Waals surface area contributed by atoms with Crippen molar-refractivity contribution in [1.29, 1.82) is 0 Å². The minimum Gasteiger partial charge on any atom is -0.508 e. The van der Waals surface area contributed by atoms with Crippen molar-refractivity contribution in [3.63, 3.8) is 0 Å². The maximum atomic E-state index is 10.6. The molecule has 2 aromatic heterocycles. The molecular weight excluding hydrogens is 398 g/mol. The third-order valence-electron chi connectivity index (χ3n) is 5.12. The molecule has 2 aromatic carbocycles. The molecule has 2 heterocycles. The fraction of sp³-hybridized carbons (Fsp3) is 0.273. The van der Waals surface area contributed by atoms with Crippen LogP contribution in [0.25, 0.3) is 28.0 Å². The zero-order valence-corrected chi connectivity index (χ0v) is 18.0. The quantitative estimate of drug-likeness (QED) is 0.405. The highest BCUT2D eigenvalue weighted by molar-refractivity contribution is 7.99. The van der Waals surface area contributed by atoms with Gasteiger partial charge in [0.05, 0.1) is 11.3 Å². The van der Waals surface area contributed by atoms with E-state index in [4.69, 9.17) is 5.73 Å². The maximum Gasteiger partial charge on any atom is 0.196 e. The van der Waals surface area contributed by atoms with E-state index in [9.17, 15) is 10.2 Å². The second-order valence-corrected chi connectivity index (χ2v) is 8.59. The molecule has 0 amide bonds. The summed E-state index contributed by atoms with van der Waals surface area (Å²) in [5.41, 5.74) is 8.99. The summed E-state index contributed by atoms with van der Waals surface area (Å²) in [6.07, 6.45) is 2.02. The predicted molar refractivity (Wildman–Crippen MR) is 120 cm³/mol. The first-order chi connectivity index (χ1) is 14.4. The number of benzene rings is 2. The summed E-state index contributed by atoms with van der Waals surface area (Å²) >= 11 is 1.52. The number of hydrogen-bond acceptors (Lipinski definition) is 6. The Kier molecular flexibility index (Phi) is 5.44. The van der Waals surface area contributed by atoms with Crippen molar-refractivity contribution >= 4 is 22.7 Å². The zero-order valence-electron chi connectivity index (χ0n) is 17.2. The van der Waals surface area contributed by atoms with E-state index in [1.54, 1.807) is 6.07 Å². The van der Waals surface area contributed by atoms with E-state index in [0.29, 0.717) is 28.8 Å². The minimum atomic E-state index is -0.0401. The molecule has 4 N–H and O–H groups in total. The van der Waals surface area contributed by atoms with Gasteiger partial charge in [0.1, 0.15) is 11.5 Å². The van der Waals surface area contributed by atoms with Crippen LogP contribution in [0.3, 0.4) is 0 Å². The van der Waals surface area contributed by atoms with Crippen LogP contribution in [0.5, 0.6) is 11.5 Å². The standard InChI is InChI=1S/C22H25N5O2S/c1-13(2)16-11-17(20(29)12-19(16)28)21-24-25-22(30-9-7-23)27(21)15-4-5-18-14(10-15)6-8-26(18)3/h4-6,8,10-13,28-29H,7,9,23H2,1-3H3. The highest BCUT2D eigenvalue weighted by Gasteiger charge is 2.21. The lowest BCUT2D eigenvalue weighted by Crippen LogP contribution is -2.04. The fourth-order valence-electron chi connectivity index (χ4n) is 3.56. The lowest BCUT2D eigenvalue weighted by molar-refractivity contribution is 0.444. The van der Waals surface area contributed by atoms with Crippen molar-refractivity contribution in [2.75, 3.05) is 12.3 Å². The Balaban J connectivity index is 1.93. The average molecular weight is 424 g/mol. The number of nitrogens with two attached hydrogens (primary N) is 1. The van der Waals surface area contributed by atoms with Crippen LogP contribution in [-0.4, -0.2) is 41.8 Å². The number of aromatic hydroxyl groups is 2. The lowest BCUT2D eigenvalue weighted by Gasteiger charge is -2.14. The summed E-state index contributed by atoms with van der Waals surface area (Å²) in [5, 5.41) is 31.4. The molecule has 0 spiro atoms. The number of hydrogen-bond donors (Lipinski definition) is 3. The smallest absolute Gasteiger partial charge is 0.196 e. The van der Waals surface area contributed by atoms with Crippen molar-refractivity contribution in [1.82, 2.24) is 19.3 Å². The molecule has 8 heteroatoms.